The number of hydrogen-bond acceptors (Lipinski definition) is 13. The molecule has 4 aliphatic heterocycles. The van der Waals surface area contributed by atoms with Gasteiger partial charge >= 0.3 is 0 Å². The number of nitrogens with one attached hydrogen (secondary N) is 1. The number of carbonyl (C=O) groups is 1. The second kappa shape index (κ2) is 34.0. The molecule has 0 spiro atoms. The van der Waals surface area contributed by atoms with Crippen LogP contribution in [0.4, 0.5) is 0 Å². The topological polar surface area (TPSA) is 165 Å². The first-order chi connectivity index (χ1) is 38.5. The van der Waals surface area contributed by atoms with Crippen molar-refractivity contribution in [3.8, 4) is 23.2 Å². The number of allylic oxidation sites excluding steroid dienone is 5. The van der Waals surface area contributed by atoms with Crippen molar-refractivity contribution >= 4 is 28.8 Å². The van der Waals surface area contributed by atoms with Gasteiger partial charge in [-0.3, -0.25) is 9.69 Å². The molecule has 6 heterocycles. The number of nitrogens with two attached hydrogens (primary N) is 2. The van der Waals surface area contributed by atoms with E-state index < -0.39 is 0 Å². The molecule has 2 aromatic carbocycles. The molecule has 2 aromatic heterocycles. The molecular formula is C65H94ClN11O3. The predicted octanol–water partition coefficient (Wildman–Crippen LogP) is 10.6. The zero-order valence-corrected chi connectivity index (χ0v) is 50.6. The van der Waals surface area contributed by atoms with Crippen LogP contribution in [0.2, 0.25) is 5.02 Å². The zero-order valence-electron chi connectivity index (χ0n) is 49.9. The molecule has 0 bridgehead atoms. The lowest BCUT2D eigenvalue weighted by Gasteiger charge is -2.35. The van der Waals surface area contributed by atoms with Crippen LogP contribution in [0.1, 0.15) is 105 Å². The van der Waals surface area contributed by atoms with Crippen molar-refractivity contribution in [1.29, 1.82) is 5.26 Å². The molecule has 0 amide bonds. The summed E-state index contributed by atoms with van der Waals surface area (Å²) in [4.78, 5) is 38.9. The van der Waals surface area contributed by atoms with Crippen LogP contribution in [0, 0.1) is 38.0 Å². The van der Waals surface area contributed by atoms with E-state index in [0.717, 1.165) is 164 Å². The third kappa shape index (κ3) is 18.8. The normalized spacial score (nSPS) is 16.9. The number of piperazine rings is 2. The maximum absolute atomic E-state index is 13.4. The number of piperidine rings is 1. The van der Waals surface area contributed by atoms with Crippen molar-refractivity contribution in [3.05, 3.63) is 165 Å². The summed E-state index contributed by atoms with van der Waals surface area (Å²) >= 11 is 5.88. The number of nitrogens with zero attached hydrogens (tertiary/aromatic N) is 8. The van der Waals surface area contributed by atoms with Gasteiger partial charge in [0.25, 0.3) is 5.56 Å². The SMILES string of the molecule is C=C/C(N)=C/C=C(\N)N1CCC(C=C)CC1.C=CCc1c(C)cc2n(c1=O)Cc1cc3c(CN4CCN(C)CC4)c(OC(=C)N4CCN(C)CC4)ccc3nc1-2.CC.CC=O.CNC1CCCCC1.Cc1ccc(C#N)c(Cl)c1C. The lowest BCUT2D eigenvalue weighted by Crippen LogP contribution is -2.44. The Hall–Kier alpha value is -6.47. The summed E-state index contributed by atoms with van der Waals surface area (Å²) in [5, 5.41) is 13.6. The first-order valence-electron chi connectivity index (χ1n) is 28.7. The second-order valence-corrected chi connectivity index (χ2v) is 21.3. The largest absolute Gasteiger partial charge is 0.441 e. The molecule has 0 unspecified atom stereocenters. The molecule has 9 rings (SSSR count). The van der Waals surface area contributed by atoms with Gasteiger partial charge in [-0.25, -0.2) is 4.98 Å². The van der Waals surface area contributed by atoms with Crippen LogP contribution in [0.5, 0.6) is 5.75 Å². The highest BCUT2D eigenvalue weighted by Crippen LogP contribution is 2.37. The summed E-state index contributed by atoms with van der Waals surface area (Å²) in [5.74, 6) is 2.95. The third-order valence-electron chi connectivity index (χ3n) is 15.5. The van der Waals surface area contributed by atoms with Gasteiger partial charge in [0, 0.05) is 106 Å². The molecule has 14 nitrogen and oxygen atoms in total. The Kier molecular flexibility index (Phi) is 28.0. The van der Waals surface area contributed by atoms with Crippen LogP contribution in [-0.4, -0.2) is 133 Å². The van der Waals surface area contributed by atoms with Gasteiger partial charge in [0.1, 0.15) is 18.1 Å². The molecule has 80 heavy (non-hydrogen) atoms. The van der Waals surface area contributed by atoms with Crippen LogP contribution < -0.4 is 27.1 Å². The number of fused-ring (bicyclic) bond motifs is 4. The van der Waals surface area contributed by atoms with Gasteiger partial charge in [-0.05, 0) is 159 Å². The van der Waals surface area contributed by atoms with Gasteiger partial charge in [0.05, 0.1) is 39.9 Å². The van der Waals surface area contributed by atoms with Gasteiger partial charge < -0.3 is 50.5 Å². The smallest absolute Gasteiger partial charge is 0.255 e. The highest BCUT2D eigenvalue weighted by atomic mass is 35.5. The lowest BCUT2D eigenvalue weighted by molar-refractivity contribution is -0.106. The number of carbonyl (C=O) groups excluding carboxylic acids is 1. The van der Waals surface area contributed by atoms with Crippen LogP contribution in [0.3, 0.4) is 0 Å². The Labute approximate surface area is 484 Å². The Morgan fingerprint density at radius 2 is 1.48 bits per heavy atom. The molecule has 1 saturated carbocycles. The number of hydrogen-bond donors (Lipinski definition) is 3. The summed E-state index contributed by atoms with van der Waals surface area (Å²) in [7, 11) is 6.40. The standard InChI is InChI=1S/C32H40N6O2.C13H21N3.C9H8ClN.C7H15N.C2H4O.C2H6/c1-6-7-25-22(2)18-29-31-24(20-38(29)32(25)39)19-26-27(21-36-14-10-34(4)11-15-36)30(9-8-28(26)33-31)40-23(3)37-16-12-35(5)13-17-37;1-3-11-7-9-16(10-8-11)13(15)6-5-12(14)4-2;1-6-3-4-8(5-11)9(10)7(6)2;1-8-7-5-3-2-4-6-7;1-2-3;1-2/h6,8-9,18-19H,1,3,7,10-17,20-21H2,2,4-5H3;3-6,11H,1-2,7-10,14-15H2;3-4H,1-2H3;7-8H,2-6H2,1H3;2H,1H3;1-2H3/b;12-5-,13-6+;;;;. The number of aldehydes is 1. The van der Waals surface area contributed by atoms with Crippen LogP contribution in [0.15, 0.2) is 115 Å². The molecule has 0 radical (unpaired) electrons. The first kappa shape index (κ1) is 66.0. The minimum Gasteiger partial charge on any atom is -0.441 e. The molecule has 4 fully saturated rings. The van der Waals surface area contributed by atoms with Crippen molar-refractivity contribution in [3.63, 3.8) is 0 Å². The van der Waals surface area contributed by atoms with Crippen molar-refractivity contribution in [2.24, 2.45) is 17.4 Å². The number of nitriles is 1. The Morgan fingerprint density at radius 1 is 0.850 bits per heavy atom. The fraction of sp³-hybridized carbons (Fsp3) is 0.477. The summed E-state index contributed by atoms with van der Waals surface area (Å²) in [6.07, 6.45) is 19.8. The monoisotopic (exact) mass is 1110 g/mol. The second-order valence-electron chi connectivity index (χ2n) is 20.9. The summed E-state index contributed by atoms with van der Waals surface area (Å²) in [5.41, 5.74) is 21.7. The van der Waals surface area contributed by atoms with Gasteiger partial charge in [0.2, 0.25) is 0 Å². The third-order valence-corrected chi connectivity index (χ3v) is 15.9. The van der Waals surface area contributed by atoms with Crippen LogP contribution in [0.25, 0.3) is 22.3 Å². The molecule has 5 N–H and O–H groups in total. The van der Waals surface area contributed by atoms with Crippen molar-refractivity contribution in [2.75, 3.05) is 86.6 Å². The summed E-state index contributed by atoms with van der Waals surface area (Å²) in [6, 6.07) is 15.0. The van der Waals surface area contributed by atoms with E-state index in [-0.39, 0.29) is 5.56 Å². The number of rotatable bonds is 12. The maximum atomic E-state index is 13.4. The number of benzene rings is 2. The fourth-order valence-corrected chi connectivity index (χ4v) is 10.4. The lowest BCUT2D eigenvalue weighted by atomic mass is 9.96. The van der Waals surface area contributed by atoms with Crippen molar-refractivity contribution < 1.29 is 9.53 Å². The van der Waals surface area contributed by atoms with E-state index >= 15 is 0 Å². The molecule has 3 saturated heterocycles. The molecule has 0 atom stereocenters. The number of halogens is 1. The molecule has 4 aromatic rings. The van der Waals surface area contributed by atoms with Gasteiger partial charge in [-0.1, -0.05) is 69.5 Å². The van der Waals surface area contributed by atoms with E-state index in [1.807, 2.05) is 63.5 Å². The first-order valence-corrected chi connectivity index (χ1v) is 29.1. The Morgan fingerprint density at radius 3 is 2.04 bits per heavy atom. The van der Waals surface area contributed by atoms with Crippen molar-refractivity contribution in [2.45, 2.75) is 112 Å². The Bertz CT molecular complexity index is 2850. The Balaban J connectivity index is 0.000000280. The van der Waals surface area contributed by atoms with Gasteiger partial charge in [-0.2, -0.15) is 5.26 Å². The molecule has 15 heteroatoms. The van der Waals surface area contributed by atoms with E-state index in [4.69, 9.17) is 42.8 Å². The molecular weight excluding hydrogens is 1020 g/mol. The van der Waals surface area contributed by atoms with E-state index in [0.29, 0.717) is 41.0 Å². The van der Waals surface area contributed by atoms with Gasteiger partial charge in [-0.15, -0.1) is 13.2 Å². The zero-order chi connectivity index (χ0) is 58.9. The highest BCUT2D eigenvalue weighted by molar-refractivity contribution is 6.32. The summed E-state index contributed by atoms with van der Waals surface area (Å²) < 4.78 is 8.40. The van der Waals surface area contributed by atoms with E-state index in [1.165, 1.54) is 39.0 Å². The average molecular weight is 1110 g/mol. The number of likely N-dealkylation sites (N-methyl/N-ethyl adjacent to an activating group) is 2. The van der Waals surface area contributed by atoms with E-state index in [2.05, 4.69) is 102 Å². The van der Waals surface area contributed by atoms with Gasteiger partial charge in [0.15, 0.2) is 5.88 Å². The highest BCUT2D eigenvalue weighted by Gasteiger charge is 2.27. The molecule has 5 aliphatic rings. The number of ether oxygens (including phenoxy) is 1. The minimum absolute atomic E-state index is 0.0575. The number of aryl methyl sites for hydroxylation is 2. The van der Waals surface area contributed by atoms with E-state index in [1.54, 1.807) is 24.3 Å². The number of aromatic nitrogens is 2. The number of likely N-dealkylation sites (tertiary alicyclic amines) is 1. The van der Waals surface area contributed by atoms with E-state index in [9.17, 15) is 4.79 Å². The average Bonchev–Trinajstić information content (AvgIpc) is 3.89. The minimum atomic E-state index is 0.0575. The quantitative estimate of drug-likeness (QED) is 0.0468. The number of pyridine rings is 2. The van der Waals surface area contributed by atoms with Crippen LogP contribution >= 0.6 is 11.6 Å². The summed E-state index contributed by atoms with van der Waals surface area (Å²) in [6.45, 7) is 38.1. The van der Waals surface area contributed by atoms with Crippen LogP contribution in [-0.2, 0) is 24.3 Å². The maximum Gasteiger partial charge on any atom is 0.255 e. The molecule has 1 aliphatic carbocycles. The fourth-order valence-electron chi connectivity index (χ4n) is 10.1. The predicted molar refractivity (Wildman–Crippen MR) is 335 cm³/mol. The van der Waals surface area contributed by atoms with Crippen molar-refractivity contribution in [1.82, 2.24) is 39.4 Å². The molecule has 434 valence electrons.